The maximum absolute atomic E-state index is 13.6. The summed E-state index contributed by atoms with van der Waals surface area (Å²) in [6.07, 6.45) is 1.72. The molecule has 174 valence electrons. The SMILES string of the molecule is COc1ccc(CCN2C(=O)C(c3ccc(OC)cc3)=C(N3CC(C)CC(C)C3)C2=O)cc1. The number of likely N-dealkylation sites (tertiary alicyclic amines) is 1. The predicted octanol–water partition coefficient (Wildman–Crippen LogP) is 4.00. The molecule has 0 bridgehead atoms. The zero-order valence-corrected chi connectivity index (χ0v) is 19.8. The number of carbonyl (C=O) groups is 2. The van der Waals surface area contributed by atoms with E-state index in [0.717, 1.165) is 36.4 Å². The second kappa shape index (κ2) is 9.69. The first-order valence-electron chi connectivity index (χ1n) is 11.5. The maximum atomic E-state index is 13.6. The summed E-state index contributed by atoms with van der Waals surface area (Å²) in [4.78, 5) is 30.7. The van der Waals surface area contributed by atoms with E-state index in [-0.39, 0.29) is 11.8 Å². The fourth-order valence-electron chi connectivity index (χ4n) is 4.96. The highest BCUT2D eigenvalue weighted by Crippen LogP contribution is 2.35. The lowest BCUT2D eigenvalue weighted by Gasteiger charge is -2.37. The van der Waals surface area contributed by atoms with Crippen LogP contribution in [0.2, 0.25) is 0 Å². The van der Waals surface area contributed by atoms with Crippen molar-refractivity contribution in [1.29, 1.82) is 0 Å². The van der Waals surface area contributed by atoms with Crippen LogP contribution < -0.4 is 9.47 Å². The van der Waals surface area contributed by atoms with Gasteiger partial charge >= 0.3 is 0 Å². The van der Waals surface area contributed by atoms with Crippen LogP contribution in [0.1, 0.15) is 31.4 Å². The summed E-state index contributed by atoms with van der Waals surface area (Å²) in [6, 6.07) is 15.1. The average Bonchev–Trinajstić information content (AvgIpc) is 3.07. The Morgan fingerprint density at radius 1 is 0.818 bits per heavy atom. The number of piperidine rings is 1. The molecule has 33 heavy (non-hydrogen) atoms. The van der Waals surface area contributed by atoms with E-state index in [1.807, 2.05) is 48.5 Å². The Morgan fingerprint density at radius 2 is 1.36 bits per heavy atom. The smallest absolute Gasteiger partial charge is 0.277 e. The van der Waals surface area contributed by atoms with Crippen LogP contribution in [-0.4, -0.2) is 55.5 Å². The van der Waals surface area contributed by atoms with Crippen LogP contribution in [-0.2, 0) is 16.0 Å². The minimum absolute atomic E-state index is 0.194. The lowest BCUT2D eigenvalue weighted by molar-refractivity contribution is -0.137. The molecular formula is C27H32N2O4. The first-order chi connectivity index (χ1) is 15.9. The number of amides is 2. The van der Waals surface area contributed by atoms with Crippen LogP contribution in [0, 0.1) is 11.8 Å². The van der Waals surface area contributed by atoms with Crippen molar-refractivity contribution in [3.05, 3.63) is 65.4 Å². The van der Waals surface area contributed by atoms with Gasteiger partial charge in [-0.2, -0.15) is 0 Å². The third-order valence-electron chi connectivity index (χ3n) is 6.49. The van der Waals surface area contributed by atoms with Gasteiger partial charge in [0.05, 0.1) is 19.8 Å². The van der Waals surface area contributed by atoms with E-state index >= 15 is 0 Å². The second-order valence-corrected chi connectivity index (χ2v) is 9.16. The van der Waals surface area contributed by atoms with Gasteiger partial charge in [0, 0.05) is 19.6 Å². The first kappa shape index (κ1) is 22.9. The van der Waals surface area contributed by atoms with Crippen LogP contribution in [0.15, 0.2) is 54.2 Å². The number of imide groups is 1. The molecule has 1 fully saturated rings. The molecule has 2 heterocycles. The molecule has 2 unspecified atom stereocenters. The first-order valence-corrected chi connectivity index (χ1v) is 11.5. The van der Waals surface area contributed by atoms with Gasteiger partial charge in [0.2, 0.25) is 0 Å². The average molecular weight is 449 g/mol. The monoisotopic (exact) mass is 448 g/mol. The number of hydrogen-bond acceptors (Lipinski definition) is 5. The van der Waals surface area contributed by atoms with Crippen LogP contribution in [0.4, 0.5) is 0 Å². The molecule has 6 heteroatoms. The van der Waals surface area contributed by atoms with E-state index in [1.165, 1.54) is 4.90 Å². The second-order valence-electron chi connectivity index (χ2n) is 9.16. The van der Waals surface area contributed by atoms with Gasteiger partial charge < -0.3 is 14.4 Å². The van der Waals surface area contributed by atoms with Crippen molar-refractivity contribution in [2.45, 2.75) is 26.7 Å². The Bertz CT molecular complexity index is 1030. The normalized spacial score (nSPS) is 21.1. The molecule has 2 aromatic carbocycles. The maximum Gasteiger partial charge on any atom is 0.277 e. The molecule has 1 saturated heterocycles. The zero-order chi connectivity index (χ0) is 23.5. The molecular weight excluding hydrogens is 416 g/mol. The van der Waals surface area contributed by atoms with Gasteiger partial charge in [0.1, 0.15) is 17.2 Å². The molecule has 2 atom stereocenters. The van der Waals surface area contributed by atoms with Crippen molar-refractivity contribution in [3.63, 3.8) is 0 Å². The van der Waals surface area contributed by atoms with Gasteiger partial charge in [-0.25, -0.2) is 0 Å². The van der Waals surface area contributed by atoms with Crippen molar-refractivity contribution >= 4 is 17.4 Å². The number of carbonyl (C=O) groups excluding carboxylic acids is 2. The van der Waals surface area contributed by atoms with Gasteiger partial charge in [-0.3, -0.25) is 14.5 Å². The Kier molecular flexibility index (Phi) is 6.72. The molecule has 2 amide bonds. The number of benzene rings is 2. The molecule has 0 N–H and O–H groups in total. The Hall–Kier alpha value is -3.28. The number of rotatable bonds is 7. The Labute approximate surface area is 195 Å². The third kappa shape index (κ3) is 4.75. The standard InChI is InChI=1S/C27H32N2O4/c1-18-15-19(2)17-28(16-18)25-24(21-7-11-23(33-4)12-8-21)26(30)29(27(25)31)14-13-20-5-9-22(32-3)10-6-20/h5-12,18-19H,13-17H2,1-4H3. The fourth-order valence-corrected chi connectivity index (χ4v) is 4.96. The van der Waals surface area contributed by atoms with E-state index in [1.54, 1.807) is 14.2 Å². The quantitative estimate of drug-likeness (QED) is 0.599. The Morgan fingerprint density at radius 3 is 1.91 bits per heavy atom. The lowest BCUT2D eigenvalue weighted by atomic mass is 9.91. The summed E-state index contributed by atoms with van der Waals surface area (Å²) in [5.41, 5.74) is 2.84. The lowest BCUT2D eigenvalue weighted by Crippen LogP contribution is -2.42. The van der Waals surface area contributed by atoms with Crippen molar-refractivity contribution in [1.82, 2.24) is 9.80 Å². The highest BCUT2D eigenvalue weighted by Gasteiger charge is 2.42. The van der Waals surface area contributed by atoms with Crippen molar-refractivity contribution in [2.24, 2.45) is 11.8 Å². The van der Waals surface area contributed by atoms with Crippen molar-refractivity contribution in [3.8, 4) is 11.5 Å². The van der Waals surface area contributed by atoms with Gasteiger partial charge in [-0.15, -0.1) is 0 Å². The van der Waals surface area contributed by atoms with E-state index in [9.17, 15) is 9.59 Å². The predicted molar refractivity (Wildman–Crippen MR) is 128 cm³/mol. The van der Waals surface area contributed by atoms with Gasteiger partial charge in [0.25, 0.3) is 11.8 Å². The van der Waals surface area contributed by atoms with Gasteiger partial charge in [-0.05, 0) is 60.1 Å². The zero-order valence-electron chi connectivity index (χ0n) is 19.8. The number of nitrogens with zero attached hydrogens (tertiary/aromatic N) is 2. The summed E-state index contributed by atoms with van der Waals surface area (Å²) in [5, 5.41) is 0. The van der Waals surface area contributed by atoms with Gasteiger partial charge in [0.15, 0.2) is 0 Å². The fraction of sp³-hybridized carbons (Fsp3) is 0.407. The minimum Gasteiger partial charge on any atom is -0.497 e. The largest absolute Gasteiger partial charge is 0.497 e. The minimum atomic E-state index is -0.223. The van der Waals surface area contributed by atoms with Crippen LogP contribution >= 0.6 is 0 Å². The molecule has 2 aliphatic heterocycles. The number of hydrogen-bond donors (Lipinski definition) is 0. The summed E-state index contributed by atoms with van der Waals surface area (Å²) in [6.45, 7) is 6.32. The summed E-state index contributed by atoms with van der Waals surface area (Å²) < 4.78 is 10.5. The third-order valence-corrected chi connectivity index (χ3v) is 6.49. The van der Waals surface area contributed by atoms with E-state index in [0.29, 0.717) is 41.8 Å². The molecule has 0 aliphatic carbocycles. The molecule has 4 rings (SSSR count). The molecule has 2 aliphatic rings. The topological polar surface area (TPSA) is 59.1 Å². The van der Waals surface area contributed by atoms with E-state index in [2.05, 4.69) is 18.7 Å². The number of methoxy groups -OCH3 is 2. The van der Waals surface area contributed by atoms with Crippen LogP contribution in [0.25, 0.3) is 5.57 Å². The summed E-state index contributed by atoms with van der Waals surface area (Å²) in [7, 11) is 3.24. The van der Waals surface area contributed by atoms with Gasteiger partial charge in [-0.1, -0.05) is 38.1 Å². The molecule has 0 spiro atoms. The van der Waals surface area contributed by atoms with Crippen LogP contribution in [0.5, 0.6) is 11.5 Å². The molecule has 0 saturated carbocycles. The molecule has 2 aromatic rings. The molecule has 0 radical (unpaired) electrons. The van der Waals surface area contributed by atoms with Crippen molar-refractivity contribution in [2.75, 3.05) is 33.9 Å². The Balaban J connectivity index is 1.64. The molecule has 0 aromatic heterocycles. The molecule has 6 nitrogen and oxygen atoms in total. The van der Waals surface area contributed by atoms with Crippen LogP contribution in [0.3, 0.4) is 0 Å². The highest BCUT2D eigenvalue weighted by molar-refractivity contribution is 6.35. The number of ether oxygens (including phenoxy) is 2. The van der Waals surface area contributed by atoms with E-state index in [4.69, 9.17) is 9.47 Å². The summed E-state index contributed by atoms with van der Waals surface area (Å²) >= 11 is 0. The highest BCUT2D eigenvalue weighted by atomic mass is 16.5. The summed E-state index contributed by atoms with van der Waals surface area (Å²) in [5.74, 6) is 2.02. The van der Waals surface area contributed by atoms with Crippen molar-refractivity contribution < 1.29 is 19.1 Å². The van der Waals surface area contributed by atoms with E-state index < -0.39 is 0 Å².